The number of benzene rings is 2. The average Bonchev–Trinajstić information content (AvgIpc) is 2.77. The molecule has 0 bridgehead atoms. The predicted octanol–water partition coefficient (Wildman–Crippen LogP) is 3.73. The highest BCUT2D eigenvalue weighted by atomic mass is 16.5. The molecule has 0 aliphatic heterocycles. The largest absolute Gasteiger partial charge is 0.497 e. The molecule has 0 N–H and O–H groups in total. The highest BCUT2D eigenvalue weighted by Gasteiger charge is 2.12. The Morgan fingerprint density at radius 1 is 0.724 bits per heavy atom. The lowest BCUT2D eigenvalue weighted by molar-refractivity contribution is 0.164. The summed E-state index contributed by atoms with van der Waals surface area (Å²) in [7, 11) is 8.02. The minimum absolute atomic E-state index is 0.345. The maximum atomic E-state index is 5.62. The van der Waals surface area contributed by atoms with Crippen LogP contribution in [0.5, 0.6) is 28.7 Å². The Morgan fingerprint density at radius 3 is 1.86 bits per heavy atom. The minimum Gasteiger partial charge on any atom is -0.497 e. The average molecular weight is 400 g/mol. The molecule has 0 amide bonds. The summed E-state index contributed by atoms with van der Waals surface area (Å²) in [4.78, 5) is 0. The molecule has 0 saturated heterocycles. The Bertz CT molecular complexity index is 803. The van der Waals surface area contributed by atoms with Gasteiger partial charge in [0.1, 0.15) is 18.1 Å². The summed E-state index contributed by atoms with van der Waals surface area (Å²) < 4.78 is 32.2. The quantitative estimate of drug-likeness (QED) is 0.447. The van der Waals surface area contributed by atoms with Crippen molar-refractivity contribution in [2.45, 2.75) is 12.8 Å². The van der Waals surface area contributed by atoms with Crippen LogP contribution in [0.25, 0.3) is 0 Å². The van der Waals surface area contributed by atoms with Crippen molar-refractivity contribution in [3.8, 4) is 40.6 Å². The molecule has 0 unspecified atom stereocenters. The molecule has 0 heterocycles. The Balaban J connectivity index is 1.84. The van der Waals surface area contributed by atoms with Crippen LogP contribution < -0.4 is 23.7 Å². The second-order valence-corrected chi connectivity index (χ2v) is 6.09. The minimum atomic E-state index is 0.345. The first-order valence-corrected chi connectivity index (χ1v) is 9.23. The first-order chi connectivity index (χ1) is 14.1. The fourth-order valence-electron chi connectivity index (χ4n) is 2.80. The molecule has 0 saturated carbocycles. The molecule has 156 valence electrons. The van der Waals surface area contributed by atoms with Gasteiger partial charge in [0, 0.05) is 18.2 Å². The first kappa shape index (κ1) is 22.3. The van der Waals surface area contributed by atoms with Crippen molar-refractivity contribution in [3.05, 3.63) is 41.5 Å². The van der Waals surface area contributed by atoms with Crippen LogP contribution in [0.4, 0.5) is 0 Å². The molecule has 2 rings (SSSR count). The van der Waals surface area contributed by atoms with Crippen molar-refractivity contribution in [2.24, 2.45) is 0 Å². The molecular weight excluding hydrogens is 372 g/mol. The lowest BCUT2D eigenvalue weighted by Gasteiger charge is -2.12. The maximum Gasteiger partial charge on any atom is 0.203 e. The van der Waals surface area contributed by atoms with Gasteiger partial charge in [-0.25, -0.2) is 0 Å². The van der Waals surface area contributed by atoms with Crippen LogP contribution in [0.2, 0.25) is 0 Å². The van der Waals surface area contributed by atoms with Gasteiger partial charge in [0.15, 0.2) is 11.5 Å². The third-order valence-electron chi connectivity index (χ3n) is 4.24. The molecule has 2 aromatic carbocycles. The third-order valence-corrected chi connectivity index (χ3v) is 4.24. The second-order valence-electron chi connectivity index (χ2n) is 6.09. The molecule has 0 aliphatic carbocycles. The van der Waals surface area contributed by atoms with Gasteiger partial charge in [0.05, 0.1) is 35.5 Å². The molecule has 6 nitrogen and oxygen atoms in total. The molecule has 0 aliphatic rings. The van der Waals surface area contributed by atoms with E-state index < -0.39 is 0 Å². The summed E-state index contributed by atoms with van der Waals surface area (Å²) in [6.45, 7) is 0.960. The van der Waals surface area contributed by atoms with Crippen LogP contribution in [0.15, 0.2) is 30.3 Å². The summed E-state index contributed by atoms with van der Waals surface area (Å²) >= 11 is 0. The van der Waals surface area contributed by atoms with Crippen molar-refractivity contribution < 1.29 is 28.4 Å². The van der Waals surface area contributed by atoms with E-state index in [-0.39, 0.29) is 0 Å². The Hall–Kier alpha value is -3.04. The second kappa shape index (κ2) is 11.7. The lowest BCUT2D eigenvalue weighted by Crippen LogP contribution is -1.98. The van der Waals surface area contributed by atoms with E-state index in [1.807, 2.05) is 30.3 Å². The molecule has 0 fully saturated rings. The maximum absolute atomic E-state index is 5.62. The van der Waals surface area contributed by atoms with Gasteiger partial charge in [0.25, 0.3) is 0 Å². The number of hydrogen-bond acceptors (Lipinski definition) is 6. The van der Waals surface area contributed by atoms with E-state index in [1.165, 1.54) is 0 Å². The van der Waals surface area contributed by atoms with E-state index in [9.17, 15) is 0 Å². The number of hydrogen-bond donors (Lipinski definition) is 0. The molecule has 29 heavy (non-hydrogen) atoms. The molecule has 2 aromatic rings. The fraction of sp³-hybridized carbons (Fsp3) is 0.391. The van der Waals surface area contributed by atoms with Gasteiger partial charge in [-0.15, -0.1) is 0 Å². The van der Waals surface area contributed by atoms with Crippen molar-refractivity contribution in [1.29, 1.82) is 0 Å². The van der Waals surface area contributed by atoms with Crippen molar-refractivity contribution in [2.75, 3.05) is 48.8 Å². The standard InChI is InChI=1S/C23H28O6/c1-24-19-12-17(13-20(16-19)25-2)8-6-10-29-11-7-9-18-14-21(26-3)23(28-5)22(15-18)27-4/h12-16H,6,8,10-11H2,1-5H3. The fourth-order valence-corrected chi connectivity index (χ4v) is 2.80. The Kier molecular flexibility index (Phi) is 9.00. The normalized spacial score (nSPS) is 9.97. The zero-order valence-corrected chi connectivity index (χ0v) is 17.7. The van der Waals surface area contributed by atoms with Crippen LogP contribution >= 0.6 is 0 Å². The van der Waals surface area contributed by atoms with Crippen molar-refractivity contribution in [3.63, 3.8) is 0 Å². The highest BCUT2D eigenvalue weighted by molar-refractivity contribution is 5.57. The van der Waals surface area contributed by atoms with Gasteiger partial charge in [-0.2, -0.15) is 0 Å². The highest BCUT2D eigenvalue weighted by Crippen LogP contribution is 2.37. The Morgan fingerprint density at radius 2 is 1.34 bits per heavy atom. The number of ether oxygens (including phenoxy) is 6. The molecule has 6 heteroatoms. The van der Waals surface area contributed by atoms with Crippen molar-refractivity contribution in [1.82, 2.24) is 0 Å². The van der Waals surface area contributed by atoms with Crippen molar-refractivity contribution >= 4 is 0 Å². The monoisotopic (exact) mass is 400 g/mol. The Labute approximate surface area is 172 Å². The molecule has 0 radical (unpaired) electrons. The van der Waals surface area contributed by atoms with Gasteiger partial charge in [-0.3, -0.25) is 0 Å². The molecule has 0 aromatic heterocycles. The van der Waals surface area contributed by atoms with E-state index in [1.54, 1.807) is 35.5 Å². The summed E-state index contributed by atoms with van der Waals surface area (Å²) in [5, 5.41) is 0. The molecule has 0 atom stereocenters. The smallest absolute Gasteiger partial charge is 0.203 e. The van der Waals surface area contributed by atoms with Gasteiger partial charge in [-0.1, -0.05) is 11.8 Å². The van der Waals surface area contributed by atoms with Crippen LogP contribution in [0.1, 0.15) is 17.5 Å². The summed E-state index contributed by atoms with van der Waals surface area (Å²) in [6, 6.07) is 9.49. The van der Waals surface area contributed by atoms with E-state index in [0.717, 1.165) is 35.5 Å². The van der Waals surface area contributed by atoms with Gasteiger partial charge < -0.3 is 28.4 Å². The number of methoxy groups -OCH3 is 5. The third kappa shape index (κ3) is 6.51. The topological polar surface area (TPSA) is 55.4 Å². The summed E-state index contributed by atoms with van der Waals surface area (Å²) in [6.07, 6.45) is 1.75. The van der Waals surface area contributed by atoms with E-state index in [2.05, 4.69) is 11.8 Å². The molecule has 0 spiro atoms. The van der Waals surface area contributed by atoms with Gasteiger partial charge in [0.2, 0.25) is 5.75 Å². The van der Waals surface area contributed by atoms with Crippen LogP contribution in [-0.4, -0.2) is 48.8 Å². The van der Waals surface area contributed by atoms with Gasteiger partial charge >= 0.3 is 0 Å². The SMILES string of the molecule is COc1cc(CCCOCC#Cc2cc(OC)c(OC)c(OC)c2)cc(OC)c1. The zero-order valence-electron chi connectivity index (χ0n) is 17.7. The molecular formula is C23H28O6. The van der Waals surface area contributed by atoms with Crippen LogP contribution in [-0.2, 0) is 11.2 Å². The van der Waals surface area contributed by atoms with Crippen LogP contribution in [0, 0.1) is 11.8 Å². The number of rotatable bonds is 10. The van der Waals surface area contributed by atoms with E-state index >= 15 is 0 Å². The first-order valence-electron chi connectivity index (χ1n) is 9.23. The zero-order chi connectivity index (χ0) is 21.1. The summed E-state index contributed by atoms with van der Waals surface area (Å²) in [5.74, 6) is 9.35. The predicted molar refractivity (Wildman–Crippen MR) is 112 cm³/mol. The van der Waals surface area contributed by atoms with E-state index in [4.69, 9.17) is 28.4 Å². The summed E-state index contributed by atoms with van der Waals surface area (Å²) in [5.41, 5.74) is 1.92. The van der Waals surface area contributed by atoms with Gasteiger partial charge in [-0.05, 0) is 42.7 Å². The van der Waals surface area contributed by atoms with Crippen LogP contribution in [0.3, 0.4) is 0 Å². The van der Waals surface area contributed by atoms with E-state index in [0.29, 0.717) is 30.5 Å². The number of aryl methyl sites for hydroxylation is 1. The lowest BCUT2D eigenvalue weighted by atomic mass is 10.1.